The molecule has 3 rings (SSSR count). The fourth-order valence-electron chi connectivity index (χ4n) is 2.80. The maximum Gasteiger partial charge on any atom is 0.293 e. The molecule has 0 atom stereocenters. The van der Waals surface area contributed by atoms with E-state index < -0.39 is 0 Å². The molecule has 0 aromatic carbocycles. The highest BCUT2D eigenvalue weighted by Gasteiger charge is 2.20. The van der Waals surface area contributed by atoms with Crippen LogP contribution in [0, 0.1) is 5.92 Å². The van der Waals surface area contributed by atoms with E-state index in [0.717, 1.165) is 37.9 Å². The summed E-state index contributed by atoms with van der Waals surface area (Å²) in [5.74, 6) is 2.66. The summed E-state index contributed by atoms with van der Waals surface area (Å²) in [6.07, 6.45) is 5.39. The largest absolute Gasteiger partial charge is 0.459 e. The molecule has 0 spiro atoms. The van der Waals surface area contributed by atoms with Crippen molar-refractivity contribution in [1.82, 2.24) is 20.4 Å². The van der Waals surface area contributed by atoms with E-state index in [4.69, 9.17) is 8.94 Å². The molecule has 114 valence electrons. The first-order valence-electron chi connectivity index (χ1n) is 7.58. The van der Waals surface area contributed by atoms with Gasteiger partial charge in [0.1, 0.15) is 0 Å². The Morgan fingerprint density at radius 3 is 2.95 bits per heavy atom. The van der Waals surface area contributed by atoms with Crippen LogP contribution < -0.4 is 5.32 Å². The van der Waals surface area contributed by atoms with Crippen LogP contribution in [-0.4, -0.2) is 41.7 Å². The molecular weight excluding hydrogens is 268 g/mol. The molecule has 1 saturated heterocycles. The Morgan fingerprint density at radius 2 is 2.24 bits per heavy atom. The van der Waals surface area contributed by atoms with Crippen LogP contribution in [0.4, 0.5) is 0 Å². The Hall–Kier alpha value is -1.66. The van der Waals surface area contributed by atoms with E-state index in [1.807, 2.05) is 19.2 Å². The van der Waals surface area contributed by atoms with E-state index in [2.05, 4.69) is 20.4 Å². The molecule has 1 N–H and O–H groups in total. The normalized spacial score (nSPS) is 17.4. The van der Waals surface area contributed by atoms with Crippen molar-refractivity contribution in [3.8, 4) is 11.7 Å². The lowest BCUT2D eigenvalue weighted by atomic mass is 9.93. The maximum absolute atomic E-state index is 5.26. The molecule has 6 heteroatoms. The molecule has 21 heavy (non-hydrogen) atoms. The molecule has 0 radical (unpaired) electrons. The van der Waals surface area contributed by atoms with E-state index in [9.17, 15) is 0 Å². The number of hydrogen-bond donors (Lipinski definition) is 1. The fraction of sp³-hybridized carbons (Fsp3) is 0.600. The Morgan fingerprint density at radius 1 is 1.38 bits per heavy atom. The van der Waals surface area contributed by atoms with Crippen molar-refractivity contribution < 1.29 is 8.94 Å². The minimum atomic E-state index is 0.457. The van der Waals surface area contributed by atoms with Gasteiger partial charge in [0.2, 0.25) is 0 Å². The molecule has 0 amide bonds. The Labute approximate surface area is 124 Å². The lowest BCUT2D eigenvalue weighted by Gasteiger charge is -2.31. The van der Waals surface area contributed by atoms with Crippen molar-refractivity contribution in [3.05, 3.63) is 24.2 Å². The number of hydrogen-bond acceptors (Lipinski definition) is 6. The second-order valence-electron chi connectivity index (χ2n) is 5.60. The number of nitrogens with one attached hydrogen (secondary N) is 1. The fourth-order valence-corrected chi connectivity index (χ4v) is 2.80. The average Bonchev–Trinajstić information content (AvgIpc) is 3.17. The lowest BCUT2D eigenvalue weighted by Crippen LogP contribution is -2.34. The third-order valence-electron chi connectivity index (χ3n) is 4.07. The van der Waals surface area contributed by atoms with Crippen LogP contribution in [0.5, 0.6) is 0 Å². The number of nitrogens with zero attached hydrogens (tertiary/aromatic N) is 3. The quantitative estimate of drug-likeness (QED) is 0.879. The number of aromatic nitrogens is 2. The summed E-state index contributed by atoms with van der Waals surface area (Å²) in [4.78, 5) is 6.79. The Balaban J connectivity index is 1.49. The molecule has 6 nitrogen and oxygen atoms in total. The SMILES string of the molecule is CNCCC1CCN(Cc2noc(-c3ccco3)n2)CC1. The number of piperidine rings is 1. The zero-order chi connectivity index (χ0) is 14.5. The average molecular weight is 290 g/mol. The van der Waals surface area contributed by atoms with E-state index in [1.54, 1.807) is 6.26 Å². The zero-order valence-corrected chi connectivity index (χ0v) is 12.4. The van der Waals surface area contributed by atoms with Gasteiger partial charge in [-0.2, -0.15) is 4.98 Å². The Kier molecular flexibility index (Phi) is 4.67. The highest BCUT2D eigenvalue weighted by Crippen LogP contribution is 2.22. The molecule has 0 bridgehead atoms. The summed E-state index contributed by atoms with van der Waals surface area (Å²) in [5.41, 5.74) is 0. The molecular formula is C15H22N4O2. The summed E-state index contributed by atoms with van der Waals surface area (Å²) in [5, 5.41) is 7.26. The molecule has 0 aliphatic carbocycles. The van der Waals surface area contributed by atoms with Crippen molar-refractivity contribution in [1.29, 1.82) is 0 Å². The van der Waals surface area contributed by atoms with Gasteiger partial charge in [-0.3, -0.25) is 4.90 Å². The van der Waals surface area contributed by atoms with E-state index in [-0.39, 0.29) is 0 Å². The van der Waals surface area contributed by atoms with Crippen molar-refractivity contribution in [2.24, 2.45) is 5.92 Å². The number of furan rings is 1. The Bertz CT molecular complexity index is 530. The second kappa shape index (κ2) is 6.87. The van der Waals surface area contributed by atoms with Gasteiger partial charge in [-0.25, -0.2) is 0 Å². The van der Waals surface area contributed by atoms with Gasteiger partial charge in [-0.05, 0) is 64.0 Å². The monoisotopic (exact) mass is 290 g/mol. The van der Waals surface area contributed by atoms with Crippen molar-refractivity contribution in [2.45, 2.75) is 25.8 Å². The van der Waals surface area contributed by atoms with Crippen LogP contribution in [0.3, 0.4) is 0 Å². The van der Waals surface area contributed by atoms with Crippen LogP contribution in [0.15, 0.2) is 27.3 Å². The van der Waals surface area contributed by atoms with Gasteiger partial charge in [-0.1, -0.05) is 5.16 Å². The summed E-state index contributed by atoms with van der Waals surface area (Å²) in [6, 6.07) is 3.64. The van der Waals surface area contributed by atoms with Crippen LogP contribution in [0.1, 0.15) is 25.1 Å². The third kappa shape index (κ3) is 3.71. The summed E-state index contributed by atoms with van der Waals surface area (Å²) >= 11 is 0. The van der Waals surface area contributed by atoms with E-state index in [0.29, 0.717) is 11.7 Å². The highest BCUT2D eigenvalue weighted by atomic mass is 16.5. The maximum atomic E-state index is 5.26. The molecule has 0 unspecified atom stereocenters. The van der Waals surface area contributed by atoms with Gasteiger partial charge in [0.05, 0.1) is 12.8 Å². The first-order valence-corrected chi connectivity index (χ1v) is 7.58. The van der Waals surface area contributed by atoms with E-state index in [1.165, 1.54) is 19.3 Å². The summed E-state index contributed by atoms with van der Waals surface area (Å²) in [7, 11) is 2.02. The smallest absolute Gasteiger partial charge is 0.293 e. The predicted octanol–water partition coefficient (Wildman–Crippen LogP) is 2.15. The first-order chi connectivity index (χ1) is 10.3. The third-order valence-corrected chi connectivity index (χ3v) is 4.07. The zero-order valence-electron chi connectivity index (χ0n) is 12.4. The van der Waals surface area contributed by atoms with Crippen LogP contribution in [-0.2, 0) is 6.54 Å². The summed E-state index contributed by atoms with van der Waals surface area (Å²) < 4.78 is 10.5. The van der Waals surface area contributed by atoms with Crippen molar-refractivity contribution in [2.75, 3.05) is 26.7 Å². The predicted molar refractivity (Wildman–Crippen MR) is 78.5 cm³/mol. The molecule has 1 aliphatic rings. The standard InChI is InChI=1S/C15H22N4O2/c1-16-7-4-12-5-8-19(9-6-12)11-14-17-15(21-18-14)13-3-2-10-20-13/h2-3,10,12,16H,4-9,11H2,1H3. The minimum absolute atomic E-state index is 0.457. The van der Waals surface area contributed by atoms with Gasteiger partial charge in [0.25, 0.3) is 5.89 Å². The molecule has 0 saturated carbocycles. The highest BCUT2D eigenvalue weighted by molar-refractivity contribution is 5.42. The van der Waals surface area contributed by atoms with Crippen LogP contribution in [0.25, 0.3) is 11.7 Å². The molecule has 1 fully saturated rings. The van der Waals surface area contributed by atoms with Crippen LogP contribution in [0.2, 0.25) is 0 Å². The minimum Gasteiger partial charge on any atom is -0.459 e. The topological polar surface area (TPSA) is 67.3 Å². The van der Waals surface area contributed by atoms with Gasteiger partial charge in [0, 0.05) is 0 Å². The van der Waals surface area contributed by atoms with E-state index >= 15 is 0 Å². The van der Waals surface area contributed by atoms with Crippen molar-refractivity contribution >= 4 is 0 Å². The van der Waals surface area contributed by atoms with Gasteiger partial charge >= 0.3 is 0 Å². The molecule has 1 aliphatic heterocycles. The van der Waals surface area contributed by atoms with Gasteiger partial charge in [-0.15, -0.1) is 0 Å². The summed E-state index contributed by atoms with van der Waals surface area (Å²) in [6.45, 7) is 4.09. The first kappa shape index (κ1) is 14.3. The van der Waals surface area contributed by atoms with Crippen molar-refractivity contribution in [3.63, 3.8) is 0 Å². The molecule has 2 aromatic heterocycles. The molecule has 2 aromatic rings. The molecule has 3 heterocycles. The van der Waals surface area contributed by atoms with Crippen LogP contribution >= 0.6 is 0 Å². The number of likely N-dealkylation sites (tertiary alicyclic amines) is 1. The van der Waals surface area contributed by atoms with Gasteiger partial charge < -0.3 is 14.3 Å². The number of rotatable bonds is 6. The lowest BCUT2D eigenvalue weighted by molar-refractivity contribution is 0.167. The van der Waals surface area contributed by atoms with Gasteiger partial charge in [0.15, 0.2) is 11.6 Å². The second-order valence-corrected chi connectivity index (χ2v) is 5.60.